The van der Waals surface area contributed by atoms with Crippen molar-refractivity contribution in [2.45, 2.75) is 13.3 Å². The zero-order chi connectivity index (χ0) is 5.70. The summed E-state index contributed by atoms with van der Waals surface area (Å²) in [5, 5.41) is 0. The molecular weight excluding hydrogens is 115 g/mol. The second-order valence-corrected chi connectivity index (χ2v) is 1.52. The van der Waals surface area contributed by atoms with E-state index in [1.807, 2.05) is 0 Å². The third kappa shape index (κ3) is 6.34. The fourth-order valence-electron chi connectivity index (χ4n) is 0.207. The molecule has 0 heterocycles. The van der Waals surface area contributed by atoms with Crippen molar-refractivity contribution >= 4 is 42.1 Å². The molecular formula is C5H9NaO2. The molecule has 8 heavy (non-hydrogen) atoms. The first-order chi connectivity index (χ1) is 3.31. The second kappa shape index (κ2) is 7.34. The van der Waals surface area contributed by atoms with Gasteiger partial charge in [0.25, 0.3) is 0 Å². The number of rotatable bonds is 3. The topological polar surface area (TPSA) is 34.1 Å². The van der Waals surface area contributed by atoms with Crippen molar-refractivity contribution in [3.63, 3.8) is 0 Å². The number of carbonyl (C=O) groups excluding carboxylic acids is 2. The molecule has 0 aliphatic heterocycles. The average molecular weight is 124 g/mol. The average Bonchev–Trinajstić information content (AvgIpc) is 1.68. The Labute approximate surface area is 70.9 Å². The van der Waals surface area contributed by atoms with Crippen LogP contribution in [0, 0.1) is 5.92 Å². The molecule has 0 aromatic heterocycles. The normalized spacial score (nSPS) is 11.1. The molecule has 0 saturated heterocycles. The molecule has 0 spiro atoms. The van der Waals surface area contributed by atoms with E-state index in [1.54, 1.807) is 6.92 Å². The molecule has 0 N–H and O–H groups in total. The molecule has 0 aliphatic carbocycles. The predicted octanol–water partition coefficient (Wildman–Crippen LogP) is -0.238. The van der Waals surface area contributed by atoms with Crippen LogP contribution in [0.4, 0.5) is 0 Å². The molecule has 0 fully saturated rings. The number of aldehydes is 2. The van der Waals surface area contributed by atoms with Crippen molar-refractivity contribution in [3.05, 3.63) is 0 Å². The zero-order valence-electron chi connectivity index (χ0n) is 4.26. The number of hydrogen-bond donors (Lipinski definition) is 0. The van der Waals surface area contributed by atoms with Gasteiger partial charge < -0.3 is 9.59 Å². The Morgan fingerprint density at radius 2 is 2.00 bits per heavy atom. The first-order valence-electron chi connectivity index (χ1n) is 2.20. The number of carbonyl (C=O) groups is 2. The van der Waals surface area contributed by atoms with Gasteiger partial charge in [0.05, 0.1) is 0 Å². The minimum atomic E-state index is -0.0995. The molecule has 0 radical (unpaired) electrons. The van der Waals surface area contributed by atoms with Gasteiger partial charge in [-0.15, -0.1) is 0 Å². The Morgan fingerprint density at radius 3 is 2.12 bits per heavy atom. The maximum absolute atomic E-state index is 9.74. The van der Waals surface area contributed by atoms with Crippen LogP contribution in [0.5, 0.6) is 0 Å². The van der Waals surface area contributed by atoms with Crippen LogP contribution in [-0.2, 0) is 9.59 Å². The molecule has 1 atom stereocenters. The van der Waals surface area contributed by atoms with Gasteiger partial charge in [-0.3, -0.25) is 0 Å². The third-order valence-electron chi connectivity index (χ3n) is 0.700. The Kier molecular flexibility index (Phi) is 10.3. The van der Waals surface area contributed by atoms with Gasteiger partial charge in [-0.1, -0.05) is 6.92 Å². The van der Waals surface area contributed by atoms with Gasteiger partial charge in [0.1, 0.15) is 12.6 Å². The third-order valence-corrected chi connectivity index (χ3v) is 0.700. The standard InChI is InChI=1S/C5H8O2.Na.H/c1-5(4-7)2-3-6;;/h3-5H,2H2,1H3;;. The quantitative estimate of drug-likeness (QED) is 0.384. The van der Waals surface area contributed by atoms with Gasteiger partial charge in [0.15, 0.2) is 0 Å². The summed E-state index contributed by atoms with van der Waals surface area (Å²) in [4.78, 5) is 19.4. The van der Waals surface area contributed by atoms with Gasteiger partial charge in [-0.05, 0) is 0 Å². The molecule has 2 nitrogen and oxygen atoms in total. The molecule has 0 aliphatic rings. The zero-order valence-corrected chi connectivity index (χ0v) is 4.26. The van der Waals surface area contributed by atoms with Crippen molar-refractivity contribution < 1.29 is 9.59 Å². The first kappa shape index (κ1) is 11.2. The van der Waals surface area contributed by atoms with Crippen molar-refractivity contribution in [1.29, 1.82) is 0 Å². The van der Waals surface area contributed by atoms with E-state index in [0.29, 0.717) is 6.42 Å². The first-order valence-corrected chi connectivity index (χ1v) is 2.20. The van der Waals surface area contributed by atoms with Crippen LogP contribution in [0.15, 0.2) is 0 Å². The van der Waals surface area contributed by atoms with Crippen LogP contribution in [0.3, 0.4) is 0 Å². The molecule has 42 valence electrons. The van der Waals surface area contributed by atoms with Gasteiger partial charge in [-0.25, -0.2) is 0 Å². The van der Waals surface area contributed by atoms with E-state index in [9.17, 15) is 9.59 Å². The van der Waals surface area contributed by atoms with E-state index in [4.69, 9.17) is 0 Å². The molecule has 0 amide bonds. The monoisotopic (exact) mass is 124 g/mol. The van der Waals surface area contributed by atoms with Gasteiger partial charge in [0, 0.05) is 12.3 Å². The summed E-state index contributed by atoms with van der Waals surface area (Å²) in [5.41, 5.74) is 0. The SMILES string of the molecule is CC(C=O)CC=O.[NaH]. The minimum absolute atomic E-state index is 0. The summed E-state index contributed by atoms with van der Waals surface area (Å²) in [5.74, 6) is -0.0995. The Hall–Kier alpha value is 0.340. The van der Waals surface area contributed by atoms with E-state index in [2.05, 4.69) is 0 Å². The summed E-state index contributed by atoms with van der Waals surface area (Å²) >= 11 is 0. The van der Waals surface area contributed by atoms with E-state index < -0.39 is 0 Å². The van der Waals surface area contributed by atoms with Crippen molar-refractivity contribution in [1.82, 2.24) is 0 Å². The van der Waals surface area contributed by atoms with E-state index in [-0.39, 0.29) is 35.5 Å². The van der Waals surface area contributed by atoms with Crippen LogP contribution in [0.25, 0.3) is 0 Å². The Bertz CT molecular complexity index is 72.8. The summed E-state index contributed by atoms with van der Waals surface area (Å²) in [6.45, 7) is 1.71. The molecule has 0 bridgehead atoms. The summed E-state index contributed by atoms with van der Waals surface area (Å²) in [7, 11) is 0. The molecule has 0 rings (SSSR count). The fourth-order valence-corrected chi connectivity index (χ4v) is 0.207. The van der Waals surface area contributed by atoms with E-state index >= 15 is 0 Å². The van der Waals surface area contributed by atoms with Gasteiger partial charge in [-0.2, -0.15) is 0 Å². The molecule has 0 aromatic carbocycles. The van der Waals surface area contributed by atoms with Crippen LogP contribution < -0.4 is 0 Å². The molecule has 3 heteroatoms. The Balaban J connectivity index is 0. The van der Waals surface area contributed by atoms with Gasteiger partial charge >= 0.3 is 29.6 Å². The van der Waals surface area contributed by atoms with E-state index in [0.717, 1.165) is 12.6 Å². The predicted molar refractivity (Wildman–Crippen MR) is 33.1 cm³/mol. The summed E-state index contributed by atoms with van der Waals surface area (Å²) in [6.07, 6.45) is 1.87. The van der Waals surface area contributed by atoms with Crippen LogP contribution in [0.1, 0.15) is 13.3 Å². The van der Waals surface area contributed by atoms with Crippen molar-refractivity contribution in [2.24, 2.45) is 5.92 Å². The second-order valence-electron chi connectivity index (χ2n) is 1.52. The van der Waals surface area contributed by atoms with Gasteiger partial charge in [0.2, 0.25) is 0 Å². The van der Waals surface area contributed by atoms with E-state index in [1.165, 1.54) is 0 Å². The van der Waals surface area contributed by atoms with Crippen molar-refractivity contribution in [3.8, 4) is 0 Å². The maximum atomic E-state index is 9.74. The molecule has 0 aromatic rings. The molecule has 1 unspecified atom stereocenters. The molecule has 0 saturated carbocycles. The number of hydrogen-bond acceptors (Lipinski definition) is 2. The van der Waals surface area contributed by atoms with Crippen LogP contribution >= 0.6 is 0 Å². The van der Waals surface area contributed by atoms with Crippen LogP contribution in [-0.4, -0.2) is 42.1 Å². The van der Waals surface area contributed by atoms with Crippen LogP contribution in [0.2, 0.25) is 0 Å². The summed E-state index contributed by atoms with van der Waals surface area (Å²) in [6, 6.07) is 0. The Morgan fingerprint density at radius 1 is 1.50 bits per heavy atom. The van der Waals surface area contributed by atoms with Crippen molar-refractivity contribution in [2.75, 3.05) is 0 Å². The summed E-state index contributed by atoms with van der Waals surface area (Å²) < 4.78 is 0. The fraction of sp³-hybridized carbons (Fsp3) is 0.600.